The molecule has 4 rings (SSSR count). The molecule has 2 aromatic carbocycles. The monoisotopic (exact) mass is 1260 g/mol. The van der Waals surface area contributed by atoms with Gasteiger partial charge in [-0.3, -0.25) is 43.3 Å². The molecule has 2 aliphatic rings. The summed E-state index contributed by atoms with van der Waals surface area (Å²) in [5.41, 5.74) is 1.12. The van der Waals surface area contributed by atoms with Crippen molar-refractivity contribution in [2.75, 3.05) is 55.6 Å². The summed E-state index contributed by atoms with van der Waals surface area (Å²) in [5, 5.41) is 8.45. The Balaban J connectivity index is 1.52. The molecule has 6 amide bonds. The van der Waals surface area contributed by atoms with E-state index in [0.717, 1.165) is 38.3 Å². The maximum atomic E-state index is 14.9. The number of amides is 6. The van der Waals surface area contributed by atoms with Crippen molar-refractivity contribution in [2.24, 2.45) is 23.7 Å². The van der Waals surface area contributed by atoms with Gasteiger partial charge >= 0.3 is 30.0 Å². The van der Waals surface area contributed by atoms with Gasteiger partial charge in [0.2, 0.25) is 41.9 Å². The van der Waals surface area contributed by atoms with Crippen LogP contribution >= 0.6 is 0 Å². The number of benzene rings is 2. The van der Waals surface area contributed by atoms with Crippen molar-refractivity contribution < 1.29 is 95.3 Å². The van der Waals surface area contributed by atoms with Gasteiger partial charge in [0.25, 0.3) is 0 Å². The number of likely N-dealkylation sites (tertiary alicyclic amines) is 1. The molecule has 2 unspecified atom stereocenters. The zero-order chi connectivity index (χ0) is 67.3. The summed E-state index contributed by atoms with van der Waals surface area (Å²) in [6.07, 6.45) is -3.35. The van der Waals surface area contributed by atoms with E-state index in [-0.39, 0.29) is 54.2 Å². The molecule has 0 radical (unpaired) electrons. The second-order valence-electron chi connectivity index (χ2n) is 23.1. The molecule has 0 spiro atoms. The Kier molecular flexibility index (Phi) is 29.3. The van der Waals surface area contributed by atoms with E-state index in [2.05, 4.69) is 21.9 Å². The second-order valence-corrected chi connectivity index (χ2v) is 23.1. The lowest BCUT2D eigenvalue weighted by atomic mass is 9.89. The fourth-order valence-corrected chi connectivity index (χ4v) is 11.4. The average molecular weight is 1270 g/mol. The molecule has 498 valence electrons. The third-order valence-corrected chi connectivity index (χ3v) is 16.0. The Bertz CT molecular complexity index is 2830. The topological polar surface area (TPSA) is 309 Å². The standard InChI is InChI=1S/C64H92N6O20/c1-18-30-84-47-32-44(89-63-57(88-41(11)73)55(87-40(10)72)54(86-39(9)71)56(90-63)62(79)83-17)28-27-43(47)34-85-64(80)69(14)51(36(5)6)60(77)67-50(35(3)4)61(78)68(13)52(37(7)19-2)48(81-15)33-49(74)70-29-23-26-46(70)53(82-16)38(8)58(75)66-45(59(76)65-12)31-42-24-21-20-22-25-42/h1,20-22,24-25,27-28,32,35-38,45-46,48,50-57,63H,19,23,26,29-31,33-34H2,2-17H3,(H,65,76)(H,66,75)(H,67,77)/t37?,38-,45?,46+,48-,50+,51+,52+,53-,54+,55+,56+,57-,63-/m1/s1. The summed E-state index contributed by atoms with van der Waals surface area (Å²) in [5.74, 6) is -5.46. The second kappa shape index (κ2) is 35.4. The van der Waals surface area contributed by atoms with Crippen LogP contribution in [0.3, 0.4) is 0 Å². The highest BCUT2D eigenvalue weighted by Gasteiger charge is 2.56. The van der Waals surface area contributed by atoms with Gasteiger partial charge in [-0.05, 0) is 48.3 Å². The molecule has 2 heterocycles. The van der Waals surface area contributed by atoms with Crippen molar-refractivity contribution in [3.63, 3.8) is 0 Å². The largest absolute Gasteiger partial charge is 0.480 e. The lowest BCUT2D eigenvalue weighted by Gasteiger charge is -2.43. The highest BCUT2D eigenvalue weighted by molar-refractivity contribution is 5.92. The number of hydrogen-bond acceptors (Lipinski definition) is 20. The molecule has 0 saturated carbocycles. The van der Waals surface area contributed by atoms with Gasteiger partial charge in [-0.2, -0.15) is 0 Å². The first-order chi connectivity index (χ1) is 42.6. The quantitative estimate of drug-likeness (QED) is 0.0548. The van der Waals surface area contributed by atoms with Crippen LogP contribution in [-0.2, 0) is 94.1 Å². The van der Waals surface area contributed by atoms with Crippen LogP contribution < -0.4 is 25.4 Å². The SMILES string of the molecule is C#CCOc1cc(O[C@@H]2O[C@H](C(=O)OC)[C@@H](OC(C)=O)[C@H](OC(C)=O)[C@H]2OC(C)=O)ccc1COC(=O)N(C)[C@H](C(=O)N[C@H](C(=O)N(C)[C@@H](C(C)CC)[C@@H](CC(=O)N1CCC[C@H]1[C@H](OC)[C@@H](C)C(=O)NC(Cc1ccccc1)C(=O)NC)OC)C(C)C)C(C)C. The summed E-state index contributed by atoms with van der Waals surface area (Å²) in [7, 11) is 8.50. The number of carbonyl (C=O) groups excluding carboxylic acids is 10. The van der Waals surface area contributed by atoms with Gasteiger partial charge in [-0.25, -0.2) is 9.59 Å². The van der Waals surface area contributed by atoms with Gasteiger partial charge in [0.1, 0.15) is 42.8 Å². The Morgan fingerprint density at radius 1 is 0.778 bits per heavy atom. The van der Waals surface area contributed by atoms with E-state index in [1.807, 2.05) is 44.2 Å². The summed E-state index contributed by atoms with van der Waals surface area (Å²) in [6.45, 7) is 15.4. The molecular weight excluding hydrogens is 1170 g/mol. The number of esters is 4. The Labute approximate surface area is 527 Å². The van der Waals surface area contributed by atoms with Crippen molar-refractivity contribution in [2.45, 2.75) is 181 Å². The van der Waals surface area contributed by atoms with Crippen molar-refractivity contribution in [3.05, 3.63) is 59.7 Å². The van der Waals surface area contributed by atoms with E-state index in [1.54, 1.807) is 46.6 Å². The Morgan fingerprint density at radius 3 is 1.97 bits per heavy atom. The minimum Gasteiger partial charge on any atom is -0.480 e. The third-order valence-electron chi connectivity index (χ3n) is 16.0. The molecule has 2 saturated heterocycles. The van der Waals surface area contributed by atoms with Crippen LogP contribution in [0.15, 0.2) is 48.5 Å². The molecule has 0 aromatic heterocycles. The Morgan fingerprint density at radius 2 is 1.41 bits per heavy atom. The van der Waals surface area contributed by atoms with Crippen LogP contribution in [0, 0.1) is 36.0 Å². The van der Waals surface area contributed by atoms with Gasteiger partial charge < -0.3 is 73.1 Å². The van der Waals surface area contributed by atoms with Crippen LogP contribution in [0.4, 0.5) is 4.79 Å². The van der Waals surface area contributed by atoms with E-state index in [4.69, 9.17) is 53.8 Å². The number of likely N-dealkylation sites (N-methyl/N-ethyl adjacent to an activating group) is 3. The summed E-state index contributed by atoms with van der Waals surface area (Å²) < 4.78 is 56.7. The van der Waals surface area contributed by atoms with Crippen molar-refractivity contribution in [1.82, 2.24) is 30.7 Å². The van der Waals surface area contributed by atoms with E-state index in [0.29, 0.717) is 25.8 Å². The molecule has 2 aromatic rings. The van der Waals surface area contributed by atoms with Crippen LogP contribution in [0.25, 0.3) is 0 Å². The highest BCUT2D eigenvalue weighted by Crippen LogP contribution is 2.35. The zero-order valence-electron chi connectivity index (χ0n) is 54.6. The molecule has 90 heavy (non-hydrogen) atoms. The fraction of sp³-hybridized carbons (Fsp3) is 0.625. The smallest absolute Gasteiger partial charge is 0.410 e. The van der Waals surface area contributed by atoms with Crippen molar-refractivity contribution in [3.8, 4) is 23.8 Å². The minimum atomic E-state index is -1.74. The summed E-state index contributed by atoms with van der Waals surface area (Å²) in [6, 6.07) is 9.20. The third kappa shape index (κ3) is 20.0. The van der Waals surface area contributed by atoms with E-state index < -0.39 is 145 Å². The number of ether oxygens (including phenoxy) is 10. The molecule has 2 aliphatic heterocycles. The number of methoxy groups -OCH3 is 3. The maximum Gasteiger partial charge on any atom is 0.410 e. The molecule has 0 bridgehead atoms. The number of terminal acetylenes is 1. The van der Waals surface area contributed by atoms with Crippen LogP contribution in [0.2, 0.25) is 0 Å². The van der Waals surface area contributed by atoms with Crippen LogP contribution in [-0.4, -0.2) is 203 Å². The first kappa shape index (κ1) is 74.4. The van der Waals surface area contributed by atoms with E-state index in [1.165, 1.54) is 51.4 Å². The fourth-order valence-electron chi connectivity index (χ4n) is 11.4. The minimum absolute atomic E-state index is 0.0383. The molecule has 2 fully saturated rings. The Hall–Kier alpha value is -8.02. The van der Waals surface area contributed by atoms with E-state index in [9.17, 15) is 47.9 Å². The van der Waals surface area contributed by atoms with Gasteiger partial charge in [0.05, 0.1) is 43.7 Å². The van der Waals surface area contributed by atoms with E-state index >= 15 is 0 Å². The number of hydrogen-bond donors (Lipinski definition) is 3. The normalized spacial score (nSPS) is 20.6. The number of rotatable bonds is 31. The summed E-state index contributed by atoms with van der Waals surface area (Å²) >= 11 is 0. The molecule has 14 atom stereocenters. The molecule has 26 heteroatoms. The van der Waals surface area contributed by atoms with Gasteiger partial charge in [-0.1, -0.05) is 91.1 Å². The number of nitrogens with zero attached hydrogens (tertiary/aromatic N) is 3. The van der Waals surface area contributed by atoms with Gasteiger partial charge in [0, 0.05) is 80.7 Å². The lowest BCUT2D eigenvalue weighted by Crippen LogP contribution is -2.64. The highest BCUT2D eigenvalue weighted by atomic mass is 16.7. The van der Waals surface area contributed by atoms with Crippen molar-refractivity contribution >= 4 is 59.5 Å². The first-order valence-electron chi connectivity index (χ1n) is 30.1. The van der Waals surface area contributed by atoms with Gasteiger partial charge in [-0.15, -0.1) is 6.42 Å². The average Bonchev–Trinajstić information content (AvgIpc) is 0.985. The molecule has 0 aliphatic carbocycles. The zero-order valence-corrected chi connectivity index (χ0v) is 54.6. The van der Waals surface area contributed by atoms with Crippen LogP contribution in [0.1, 0.15) is 106 Å². The molecular formula is C64H92N6O20. The first-order valence-corrected chi connectivity index (χ1v) is 30.1. The molecule has 26 nitrogen and oxygen atoms in total. The number of carbonyl (C=O) groups is 10. The van der Waals surface area contributed by atoms with Crippen molar-refractivity contribution in [1.29, 1.82) is 0 Å². The lowest BCUT2D eigenvalue weighted by molar-refractivity contribution is -0.282. The predicted octanol–water partition coefficient (Wildman–Crippen LogP) is 3.90. The summed E-state index contributed by atoms with van der Waals surface area (Å²) in [4.78, 5) is 139. The number of nitrogens with one attached hydrogen (secondary N) is 3. The molecule has 3 N–H and O–H groups in total. The van der Waals surface area contributed by atoms with Gasteiger partial charge in [0.15, 0.2) is 18.3 Å². The predicted molar refractivity (Wildman–Crippen MR) is 324 cm³/mol. The van der Waals surface area contributed by atoms with Crippen LogP contribution in [0.5, 0.6) is 11.5 Å². The maximum absolute atomic E-state index is 14.9.